The molecular weight excluding hydrogens is 465 g/mol. The fourth-order valence-electron chi connectivity index (χ4n) is 3.49. The number of unbranched alkanes of at least 4 members (excludes halogenated alkanes) is 15. The van der Waals surface area contributed by atoms with E-state index in [1.54, 1.807) is 0 Å². The zero-order valence-electron chi connectivity index (χ0n) is 18.0. The summed E-state index contributed by atoms with van der Waals surface area (Å²) in [5, 5.41) is 2.16. The molecule has 0 saturated heterocycles. The molecule has 1 aliphatic rings. The van der Waals surface area contributed by atoms with Crippen molar-refractivity contribution >= 4 is 35.7 Å². The second-order valence-electron chi connectivity index (χ2n) is 7.81. The Hall–Kier alpha value is 0.580. The molecule has 0 radical (unpaired) electrons. The van der Waals surface area contributed by atoms with Crippen LogP contribution in [-0.4, -0.2) is 30.5 Å². The minimum absolute atomic E-state index is 0. The van der Waals surface area contributed by atoms with E-state index < -0.39 is 0 Å². The molecule has 0 saturated carbocycles. The molecule has 162 valence electrons. The molecule has 0 unspecified atom stereocenters. The van der Waals surface area contributed by atoms with Crippen LogP contribution in [0.5, 0.6) is 0 Å². The van der Waals surface area contributed by atoms with E-state index in [-0.39, 0.29) is 24.0 Å². The Morgan fingerprint density at radius 3 is 1.63 bits per heavy atom. The predicted molar refractivity (Wildman–Crippen MR) is 134 cm³/mol. The highest BCUT2D eigenvalue weighted by Crippen LogP contribution is 2.15. The first-order chi connectivity index (χ1) is 12.9. The molecule has 0 amide bonds. The summed E-state index contributed by atoms with van der Waals surface area (Å²) < 4.78 is 5.73. The maximum atomic E-state index is 5.73. The molecule has 0 aromatic heterocycles. The number of hydrogen-bond acceptors (Lipinski definition) is 3. The monoisotopic (exact) mass is 511 g/mol. The van der Waals surface area contributed by atoms with Crippen LogP contribution in [0.2, 0.25) is 0 Å². The van der Waals surface area contributed by atoms with E-state index in [9.17, 15) is 0 Å². The van der Waals surface area contributed by atoms with Gasteiger partial charge in [-0.3, -0.25) is 0 Å². The summed E-state index contributed by atoms with van der Waals surface area (Å²) >= 11 is 1.86. The average molecular weight is 512 g/mol. The van der Waals surface area contributed by atoms with Crippen LogP contribution >= 0.6 is 35.7 Å². The number of thioether (sulfide) groups is 1. The third kappa shape index (κ3) is 19.7. The van der Waals surface area contributed by atoms with E-state index >= 15 is 0 Å². The fourth-order valence-corrected chi connectivity index (χ4v) is 4.24. The Kier molecular flexibility index (Phi) is 23.4. The van der Waals surface area contributed by atoms with E-state index in [1.807, 2.05) is 11.8 Å². The van der Waals surface area contributed by atoms with E-state index in [1.165, 1.54) is 103 Å². The van der Waals surface area contributed by atoms with Gasteiger partial charge in [-0.25, -0.2) is 0 Å². The molecule has 0 aliphatic carbocycles. The van der Waals surface area contributed by atoms with Crippen molar-refractivity contribution in [2.45, 2.75) is 110 Å². The molecule has 2 nitrogen and oxygen atoms in total. The van der Waals surface area contributed by atoms with Crippen molar-refractivity contribution in [1.29, 1.82) is 0 Å². The van der Waals surface area contributed by atoms with Crippen molar-refractivity contribution in [1.82, 2.24) is 4.90 Å². The highest BCUT2D eigenvalue weighted by Gasteiger charge is 2.03. The van der Waals surface area contributed by atoms with Gasteiger partial charge in [0.05, 0.1) is 12.5 Å². The van der Waals surface area contributed by atoms with E-state index in [2.05, 4.69) is 23.4 Å². The van der Waals surface area contributed by atoms with Crippen LogP contribution in [0.4, 0.5) is 0 Å². The Morgan fingerprint density at radius 1 is 0.704 bits per heavy atom. The summed E-state index contributed by atoms with van der Waals surface area (Å²) in [4.78, 5) is 2.32. The molecule has 0 fully saturated rings. The lowest BCUT2D eigenvalue weighted by Crippen LogP contribution is -2.19. The topological polar surface area (TPSA) is 12.5 Å². The summed E-state index contributed by atoms with van der Waals surface area (Å²) in [6.45, 7) is 5.17. The van der Waals surface area contributed by atoms with Gasteiger partial charge >= 0.3 is 0 Å². The van der Waals surface area contributed by atoms with Gasteiger partial charge in [-0.1, -0.05) is 103 Å². The average Bonchev–Trinajstić information content (AvgIpc) is 3.17. The molecule has 0 aromatic carbocycles. The lowest BCUT2D eigenvalue weighted by Gasteiger charge is -2.14. The Bertz CT molecular complexity index is 315. The number of halogens is 1. The smallest absolute Gasteiger partial charge is 0.0676 e. The fraction of sp³-hybridized carbons (Fsp3) is 0.913. The van der Waals surface area contributed by atoms with Gasteiger partial charge in [-0.2, -0.15) is 0 Å². The van der Waals surface area contributed by atoms with Crippen molar-refractivity contribution in [2.75, 3.05) is 25.6 Å². The van der Waals surface area contributed by atoms with Crippen molar-refractivity contribution in [3.05, 3.63) is 11.6 Å². The molecule has 4 heteroatoms. The summed E-state index contributed by atoms with van der Waals surface area (Å²) in [5.74, 6) is 1.10. The largest absolute Gasteiger partial charge is 0.380 e. The van der Waals surface area contributed by atoms with Crippen LogP contribution in [0.15, 0.2) is 11.6 Å². The standard InChI is InChI=1S/C23H45NOS.HI/c1-2-3-4-5-6-7-8-9-10-11-12-13-14-15-16-17-20-25-21-18-24-19-22-26-23-24;/h19,22H,2-18,20-21,23H2,1H3;1H. The molecule has 0 spiro atoms. The van der Waals surface area contributed by atoms with Gasteiger partial charge in [0.15, 0.2) is 0 Å². The van der Waals surface area contributed by atoms with Crippen molar-refractivity contribution in [2.24, 2.45) is 0 Å². The number of nitrogens with zero attached hydrogens (tertiary/aromatic N) is 1. The molecule has 0 atom stereocenters. The van der Waals surface area contributed by atoms with E-state index in [4.69, 9.17) is 4.74 Å². The van der Waals surface area contributed by atoms with Crippen LogP contribution in [0.1, 0.15) is 110 Å². The number of rotatable bonds is 20. The van der Waals surface area contributed by atoms with Crippen LogP contribution in [0.25, 0.3) is 0 Å². The maximum Gasteiger partial charge on any atom is 0.0676 e. The van der Waals surface area contributed by atoms with Crippen molar-refractivity contribution in [3.63, 3.8) is 0 Å². The maximum absolute atomic E-state index is 5.73. The van der Waals surface area contributed by atoms with Crippen LogP contribution in [0, 0.1) is 0 Å². The highest BCUT2D eigenvalue weighted by atomic mass is 127. The molecular formula is C23H46INOS. The van der Waals surface area contributed by atoms with Crippen LogP contribution < -0.4 is 0 Å². The van der Waals surface area contributed by atoms with Crippen LogP contribution in [-0.2, 0) is 4.74 Å². The summed E-state index contributed by atoms with van der Waals surface area (Å²) in [6, 6.07) is 0. The first-order valence-corrected chi connectivity index (χ1v) is 12.6. The minimum Gasteiger partial charge on any atom is -0.380 e. The second kappa shape index (κ2) is 22.9. The third-order valence-corrected chi connectivity index (χ3v) is 6.07. The molecule has 1 aliphatic heterocycles. The normalized spacial score (nSPS) is 13.3. The first kappa shape index (κ1) is 27.6. The summed E-state index contributed by atoms with van der Waals surface area (Å²) in [6.07, 6.45) is 25.0. The van der Waals surface area contributed by atoms with Crippen LogP contribution in [0.3, 0.4) is 0 Å². The third-order valence-electron chi connectivity index (χ3n) is 5.27. The minimum atomic E-state index is 0. The SMILES string of the molecule is CCCCCCCCCCCCCCCCCCOCCN1C=CSC1.I. The lowest BCUT2D eigenvalue weighted by molar-refractivity contribution is 0.117. The van der Waals surface area contributed by atoms with Gasteiger partial charge in [0.2, 0.25) is 0 Å². The highest BCUT2D eigenvalue weighted by molar-refractivity contribution is 14.0. The molecule has 0 aromatic rings. The van der Waals surface area contributed by atoms with Gasteiger partial charge in [-0.15, -0.1) is 35.7 Å². The van der Waals surface area contributed by atoms with Gasteiger partial charge in [0, 0.05) is 19.4 Å². The second-order valence-corrected chi connectivity index (χ2v) is 8.67. The van der Waals surface area contributed by atoms with Gasteiger partial charge in [0.1, 0.15) is 0 Å². The van der Waals surface area contributed by atoms with E-state index in [0.29, 0.717) is 0 Å². The molecule has 0 N–H and O–H groups in total. The van der Waals surface area contributed by atoms with Gasteiger partial charge in [0.25, 0.3) is 0 Å². The molecule has 1 heterocycles. The Morgan fingerprint density at radius 2 is 1.19 bits per heavy atom. The number of hydrogen-bond donors (Lipinski definition) is 0. The Labute approximate surface area is 191 Å². The van der Waals surface area contributed by atoms with E-state index in [0.717, 1.165) is 25.6 Å². The number of ether oxygens (including phenoxy) is 1. The van der Waals surface area contributed by atoms with Crippen molar-refractivity contribution < 1.29 is 4.74 Å². The first-order valence-electron chi connectivity index (χ1n) is 11.5. The zero-order valence-corrected chi connectivity index (χ0v) is 21.1. The summed E-state index contributed by atoms with van der Waals surface area (Å²) in [7, 11) is 0. The summed E-state index contributed by atoms with van der Waals surface area (Å²) in [5.41, 5.74) is 0. The predicted octanol–water partition coefficient (Wildman–Crippen LogP) is 8.36. The zero-order chi connectivity index (χ0) is 18.5. The molecule has 1 rings (SSSR count). The quantitative estimate of drug-likeness (QED) is 0.120. The Balaban J connectivity index is 0.00000676. The van der Waals surface area contributed by atoms with Gasteiger partial charge < -0.3 is 9.64 Å². The molecule has 27 heavy (non-hydrogen) atoms. The molecule has 0 bridgehead atoms. The van der Waals surface area contributed by atoms with Gasteiger partial charge in [-0.05, 0) is 11.8 Å². The van der Waals surface area contributed by atoms with Crippen molar-refractivity contribution in [3.8, 4) is 0 Å². The lowest BCUT2D eigenvalue weighted by atomic mass is 10.0.